The minimum Gasteiger partial charge on any atom is -0.497 e. The third-order valence-corrected chi connectivity index (χ3v) is 9.64. The summed E-state index contributed by atoms with van der Waals surface area (Å²) in [6.07, 6.45) is 0.226. The van der Waals surface area contributed by atoms with Crippen molar-refractivity contribution in [3.8, 4) is 5.75 Å². The number of nitrogens with zero attached hydrogens (tertiary/aromatic N) is 2. The molecule has 0 saturated heterocycles. The zero-order valence-electron chi connectivity index (χ0n) is 25.9. The van der Waals surface area contributed by atoms with Gasteiger partial charge in [0.1, 0.15) is 18.3 Å². The molecule has 10 heteroatoms. The highest BCUT2D eigenvalue weighted by molar-refractivity contribution is 7.92. The van der Waals surface area contributed by atoms with Gasteiger partial charge >= 0.3 is 0 Å². The van der Waals surface area contributed by atoms with E-state index in [2.05, 4.69) is 5.32 Å². The number of aryl methyl sites for hydroxylation is 2. The maximum atomic E-state index is 14.5. The highest BCUT2D eigenvalue weighted by atomic mass is 35.5. The molecular formula is C35H38ClN3O5S. The molecule has 236 valence electrons. The normalized spacial score (nSPS) is 11.8. The number of carbonyl (C=O) groups is 2. The number of ether oxygens (including phenoxy) is 1. The lowest BCUT2D eigenvalue weighted by Crippen LogP contribution is -2.53. The number of amides is 2. The van der Waals surface area contributed by atoms with Crippen molar-refractivity contribution in [3.63, 3.8) is 0 Å². The summed E-state index contributed by atoms with van der Waals surface area (Å²) in [4.78, 5) is 29.6. The molecule has 8 nitrogen and oxygen atoms in total. The molecule has 4 rings (SSSR count). The van der Waals surface area contributed by atoms with Gasteiger partial charge in [-0.1, -0.05) is 77.8 Å². The van der Waals surface area contributed by atoms with Gasteiger partial charge in [-0.25, -0.2) is 8.42 Å². The van der Waals surface area contributed by atoms with Crippen molar-refractivity contribution in [2.75, 3.05) is 24.5 Å². The van der Waals surface area contributed by atoms with E-state index in [1.165, 1.54) is 23.1 Å². The number of halogens is 1. The number of hydrogen-bond acceptors (Lipinski definition) is 5. The summed E-state index contributed by atoms with van der Waals surface area (Å²) in [6, 6.07) is 27.0. The van der Waals surface area contributed by atoms with Gasteiger partial charge in [0.05, 0.1) is 17.7 Å². The number of sulfonamides is 1. The Morgan fingerprint density at radius 3 is 2.22 bits per heavy atom. The third-order valence-electron chi connectivity index (χ3n) is 7.44. The van der Waals surface area contributed by atoms with Crippen LogP contribution in [-0.4, -0.2) is 51.4 Å². The Bertz CT molecular complexity index is 1730. The molecule has 0 aliphatic heterocycles. The van der Waals surface area contributed by atoms with Crippen LogP contribution in [0.1, 0.15) is 29.2 Å². The second kappa shape index (κ2) is 15.1. The standard InChI is InChI=1S/C35H38ClN3O5S/c1-5-37-35(41)33(21-27-10-7-6-8-11-27)38(23-28-12-9-13-30(20-28)44-4)34(40)24-39(29-17-16-26(3)32(36)22-29)45(42,43)31-18-14-25(2)15-19-31/h6-20,22,33H,5,21,23-24H2,1-4H3,(H,37,41)/t33-/m1/s1. The Morgan fingerprint density at radius 2 is 1.58 bits per heavy atom. The summed E-state index contributed by atoms with van der Waals surface area (Å²) in [7, 11) is -2.67. The number of hydrogen-bond donors (Lipinski definition) is 1. The van der Waals surface area contributed by atoms with Crippen LogP contribution in [-0.2, 0) is 32.6 Å². The largest absolute Gasteiger partial charge is 0.497 e. The quantitative estimate of drug-likeness (QED) is 0.194. The van der Waals surface area contributed by atoms with Crippen molar-refractivity contribution < 1.29 is 22.7 Å². The molecule has 0 bridgehead atoms. The van der Waals surface area contributed by atoms with Gasteiger partial charge in [-0.2, -0.15) is 0 Å². The van der Waals surface area contributed by atoms with Gasteiger partial charge in [-0.15, -0.1) is 0 Å². The molecule has 1 atom stereocenters. The van der Waals surface area contributed by atoms with Crippen molar-refractivity contribution in [1.82, 2.24) is 10.2 Å². The minimum atomic E-state index is -4.22. The van der Waals surface area contributed by atoms with Crippen molar-refractivity contribution in [2.24, 2.45) is 0 Å². The number of rotatable bonds is 13. The Balaban J connectivity index is 1.82. The lowest BCUT2D eigenvalue weighted by atomic mass is 10.0. The van der Waals surface area contributed by atoms with E-state index >= 15 is 0 Å². The molecule has 4 aromatic rings. The van der Waals surface area contributed by atoms with E-state index in [9.17, 15) is 18.0 Å². The SMILES string of the molecule is CCNC(=O)[C@@H](Cc1ccccc1)N(Cc1cccc(OC)c1)C(=O)CN(c1ccc(C)c(Cl)c1)S(=O)(=O)c1ccc(C)cc1. The number of nitrogens with one attached hydrogen (secondary N) is 1. The van der Waals surface area contributed by atoms with Gasteiger partial charge in [0.15, 0.2) is 0 Å². The van der Waals surface area contributed by atoms with Crippen LogP contribution >= 0.6 is 11.6 Å². The highest BCUT2D eigenvalue weighted by Crippen LogP contribution is 2.29. The Labute approximate surface area is 270 Å². The number of methoxy groups -OCH3 is 1. The highest BCUT2D eigenvalue weighted by Gasteiger charge is 2.34. The predicted octanol–water partition coefficient (Wildman–Crippen LogP) is 5.94. The van der Waals surface area contributed by atoms with Crippen LogP contribution in [0.3, 0.4) is 0 Å². The molecule has 0 radical (unpaired) electrons. The first-order valence-electron chi connectivity index (χ1n) is 14.6. The molecular weight excluding hydrogens is 610 g/mol. The van der Waals surface area contributed by atoms with Crippen LogP contribution in [0.2, 0.25) is 5.02 Å². The molecule has 0 aromatic heterocycles. The zero-order valence-corrected chi connectivity index (χ0v) is 27.4. The van der Waals surface area contributed by atoms with E-state index in [1.807, 2.05) is 57.2 Å². The molecule has 0 unspecified atom stereocenters. The van der Waals surface area contributed by atoms with Crippen LogP contribution in [0.25, 0.3) is 0 Å². The predicted molar refractivity (Wildman–Crippen MR) is 178 cm³/mol. The summed E-state index contributed by atoms with van der Waals surface area (Å²) in [5.41, 5.74) is 3.46. The van der Waals surface area contributed by atoms with Gasteiger partial charge in [0, 0.05) is 24.5 Å². The Morgan fingerprint density at radius 1 is 0.889 bits per heavy atom. The lowest BCUT2D eigenvalue weighted by molar-refractivity contribution is -0.140. The smallest absolute Gasteiger partial charge is 0.264 e. The average Bonchev–Trinajstić information content (AvgIpc) is 3.03. The van der Waals surface area contributed by atoms with Crippen LogP contribution in [0.4, 0.5) is 5.69 Å². The molecule has 0 aliphatic rings. The van der Waals surface area contributed by atoms with Crippen LogP contribution in [0.15, 0.2) is 102 Å². The van der Waals surface area contributed by atoms with Crippen LogP contribution in [0, 0.1) is 13.8 Å². The van der Waals surface area contributed by atoms with Gasteiger partial charge in [-0.05, 0) is 73.9 Å². The van der Waals surface area contributed by atoms with Gasteiger partial charge < -0.3 is 15.0 Å². The van der Waals surface area contributed by atoms with Crippen molar-refractivity contribution >= 4 is 39.1 Å². The molecule has 0 aliphatic carbocycles. The topological polar surface area (TPSA) is 96.0 Å². The minimum absolute atomic E-state index is 0.0292. The third kappa shape index (κ3) is 8.44. The molecule has 2 amide bonds. The zero-order chi connectivity index (χ0) is 32.6. The Kier molecular flexibility index (Phi) is 11.3. The van der Waals surface area contributed by atoms with E-state index < -0.39 is 28.5 Å². The monoisotopic (exact) mass is 647 g/mol. The molecule has 0 heterocycles. The first-order valence-corrected chi connectivity index (χ1v) is 16.4. The summed E-state index contributed by atoms with van der Waals surface area (Å²) >= 11 is 6.45. The molecule has 1 N–H and O–H groups in total. The summed E-state index contributed by atoms with van der Waals surface area (Å²) in [5.74, 6) is -0.309. The van der Waals surface area contributed by atoms with E-state index in [-0.39, 0.29) is 29.5 Å². The van der Waals surface area contributed by atoms with E-state index in [4.69, 9.17) is 16.3 Å². The first kappa shape index (κ1) is 33.6. The van der Waals surface area contributed by atoms with Gasteiger partial charge in [-0.3, -0.25) is 13.9 Å². The fraction of sp³-hybridized carbons (Fsp3) is 0.257. The van der Waals surface area contributed by atoms with Crippen LogP contribution < -0.4 is 14.4 Å². The maximum absolute atomic E-state index is 14.5. The Hall–Kier alpha value is -4.34. The summed E-state index contributed by atoms with van der Waals surface area (Å²) in [5, 5.41) is 3.23. The van der Waals surface area contributed by atoms with Gasteiger partial charge in [0.2, 0.25) is 11.8 Å². The number of benzene rings is 4. The van der Waals surface area contributed by atoms with Gasteiger partial charge in [0.25, 0.3) is 10.0 Å². The molecule has 45 heavy (non-hydrogen) atoms. The summed E-state index contributed by atoms with van der Waals surface area (Å²) < 4.78 is 34.8. The summed E-state index contributed by atoms with van der Waals surface area (Å²) in [6.45, 7) is 5.32. The average molecular weight is 648 g/mol. The fourth-order valence-electron chi connectivity index (χ4n) is 4.92. The maximum Gasteiger partial charge on any atom is 0.264 e. The lowest BCUT2D eigenvalue weighted by Gasteiger charge is -2.34. The molecule has 0 fully saturated rings. The van der Waals surface area contributed by atoms with E-state index in [1.54, 1.807) is 49.6 Å². The van der Waals surface area contributed by atoms with Crippen molar-refractivity contribution in [3.05, 3.63) is 124 Å². The van der Waals surface area contributed by atoms with Crippen molar-refractivity contribution in [2.45, 2.75) is 44.7 Å². The molecule has 0 saturated carbocycles. The second-order valence-corrected chi connectivity index (χ2v) is 13.0. The molecule has 4 aromatic carbocycles. The van der Waals surface area contributed by atoms with E-state index in [0.29, 0.717) is 17.3 Å². The van der Waals surface area contributed by atoms with E-state index in [0.717, 1.165) is 26.6 Å². The fourth-order valence-corrected chi connectivity index (χ4v) is 6.50. The van der Waals surface area contributed by atoms with Crippen LogP contribution in [0.5, 0.6) is 5.75 Å². The number of anilines is 1. The second-order valence-electron chi connectivity index (χ2n) is 10.7. The first-order chi connectivity index (χ1) is 21.5. The molecule has 0 spiro atoms. The van der Waals surface area contributed by atoms with Crippen molar-refractivity contribution in [1.29, 1.82) is 0 Å². The number of likely N-dealkylation sites (N-methyl/N-ethyl adjacent to an activating group) is 1. The number of carbonyl (C=O) groups excluding carboxylic acids is 2.